The van der Waals surface area contributed by atoms with Gasteiger partial charge in [0, 0.05) is 22.5 Å². The molecule has 0 aliphatic carbocycles. The average molecular weight is 512 g/mol. The molecule has 0 radical (unpaired) electrons. The summed E-state index contributed by atoms with van der Waals surface area (Å²) < 4.78 is 2.50. The topological polar surface area (TPSA) is 79.3 Å². The van der Waals surface area contributed by atoms with Gasteiger partial charge in [-0.25, -0.2) is 9.48 Å². The monoisotopic (exact) mass is 511 g/mol. The fourth-order valence-corrected chi connectivity index (χ4v) is 3.62. The van der Waals surface area contributed by atoms with Crippen molar-refractivity contribution in [3.63, 3.8) is 0 Å². The second-order valence-electron chi connectivity index (χ2n) is 8.79. The number of anilines is 2. The van der Waals surface area contributed by atoms with E-state index < -0.39 is 0 Å². The molecule has 0 aliphatic rings. The molecule has 0 aliphatic heterocycles. The molecule has 0 bridgehead atoms. The highest BCUT2D eigenvalue weighted by molar-refractivity contribution is 9.10. The fourth-order valence-electron chi connectivity index (χ4n) is 3.24. The molecule has 0 saturated carbocycles. The second-order valence-corrected chi connectivity index (χ2v) is 9.65. The number of benzene rings is 2. The van der Waals surface area contributed by atoms with E-state index >= 15 is 0 Å². The molecule has 3 amide bonds. The smallest absolute Gasteiger partial charge is 0.315 e. The maximum atomic E-state index is 13.0. The Balaban J connectivity index is 1.78. The van der Waals surface area contributed by atoms with Crippen molar-refractivity contribution in [2.45, 2.75) is 39.5 Å². The Morgan fingerprint density at radius 3 is 2.33 bits per heavy atom. The lowest BCUT2D eigenvalue weighted by Gasteiger charge is -2.22. The molecule has 8 heteroatoms. The van der Waals surface area contributed by atoms with Crippen LogP contribution in [0.4, 0.5) is 16.3 Å². The van der Waals surface area contributed by atoms with E-state index in [0.717, 1.165) is 22.3 Å². The highest BCUT2D eigenvalue weighted by Gasteiger charge is 2.23. The lowest BCUT2D eigenvalue weighted by molar-refractivity contribution is -0.116. The van der Waals surface area contributed by atoms with Crippen LogP contribution in [0.15, 0.2) is 65.1 Å². The summed E-state index contributed by atoms with van der Waals surface area (Å²) in [6.07, 6.45) is 0.729. The van der Waals surface area contributed by atoms with Gasteiger partial charge >= 0.3 is 6.03 Å². The Morgan fingerprint density at radius 2 is 1.70 bits per heavy atom. The van der Waals surface area contributed by atoms with Crippen LogP contribution < -0.4 is 10.6 Å². The predicted molar refractivity (Wildman–Crippen MR) is 136 cm³/mol. The van der Waals surface area contributed by atoms with Crippen LogP contribution >= 0.6 is 15.9 Å². The number of rotatable bonds is 7. The van der Waals surface area contributed by atoms with Gasteiger partial charge in [0.15, 0.2) is 0 Å². The zero-order valence-electron chi connectivity index (χ0n) is 19.4. The van der Waals surface area contributed by atoms with Gasteiger partial charge in [-0.15, -0.1) is 0 Å². The average Bonchev–Trinajstić information content (AvgIpc) is 3.20. The number of para-hydroxylation sites is 2. The van der Waals surface area contributed by atoms with Crippen molar-refractivity contribution in [1.82, 2.24) is 14.7 Å². The van der Waals surface area contributed by atoms with Gasteiger partial charge in [0.25, 0.3) is 0 Å². The maximum Gasteiger partial charge on any atom is 0.322 e. The zero-order valence-corrected chi connectivity index (χ0v) is 21.0. The number of nitrogens with zero attached hydrogens (tertiary/aromatic N) is 3. The first-order valence-corrected chi connectivity index (χ1v) is 11.7. The Hall–Kier alpha value is -3.13. The third-order valence-electron chi connectivity index (χ3n) is 4.98. The quantitative estimate of drug-likeness (QED) is 0.419. The summed E-state index contributed by atoms with van der Waals surface area (Å²) >= 11 is 3.43. The van der Waals surface area contributed by atoms with Crippen molar-refractivity contribution in [1.29, 1.82) is 0 Å². The van der Waals surface area contributed by atoms with Crippen molar-refractivity contribution in [3.05, 3.63) is 70.8 Å². The van der Waals surface area contributed by atoms with E-state index in [1.165, 1.54) is 4.90 Å². The minimum Gasteiger partial charge on any atom is -0.315 e. The van der Waals surface area contributed by atoms with Crippen LogP contribution in [0.2, 0.25) is 0 Å². The molecule has 2 aromatic carbocycles. The molecule has 0 saturated heterocycles. The zero-order chi connectivity index (χ0) is 24.0. The van der Waals surface area contributed by atoms with E-state index in [1.807, 2.05) is 61.5 Å². The highest BCUT2D eigenvalue weighted by Crippen LogP contribution is 2.26. The van der Waals surface area contributed by atoms with Crippen LogP contribution in [0.1, 0.15) is 39.8 Å². The largest absolute Gasteiger partial charge is 0.322 e. The number of carbonyl (C=O) groups excluding carboxylic acids is 2. The molecule has 3 rings (SSSR count). The van der Waals surface area contributed by atoms with E-state index in [0.29, 0.717) is 18.1 Å². The number of halogens is 1. The van der Waals surface area contributed by atoms with E-state index in [9.17, 15) is 9.59 Å². The number of hydrogen-bond acceptors (Lipinski definition) is 3. The van der Waals surface area contributed by atoms with Gasteiger partial charge < -0.3 is 15.5 Å². The number of carbonyl (C=O) groups is 2. The summed E-state index contributed by atoms with van der Waals surface area (Å²) in [6, 6.07) is 18.6. The number of nitrogens with one attached hydrogen (secondary N) is 2. The maximum absolute atomic E-state index is 13.0. The lowest BCUT2D eigenvalue weighted by Crippen LogP contribution is -2.41. The first-order valence-electron chi connectivity index (χ1n) is 11.0. The van der Waals surface area contributed by atoms with Crippen molar-refractivity contribution >= 4 is 39.4 Å². The third kappa shape index (κ3) is 6.44. The number of amides is 3. The Morgan fingerprint density at radius 1 is 1.03 bits per heavy atom. The lowest BCUT2D eigenvalue weighted by atomic mass is 9.92. The van der Waals surface area contributed by atoms with E-state index in [-0.39, 0.29) is 23.9 Å². The van der Waals surface area contributed by atoms with E-state index in [4.69, 9.17) is 5.10 Å². The molecule has 0 spiro atoms. The summed E-state index contributed by atoms with van der Waals surface area (Å²) in [4.78, 5) is 27.3. The summed E-state index contributed by atoms with van der Waals surface area (Å²) in [5, 5.41) is 10.5. The molecule has 174 valence electrons. The Labute approximate surface area is 203 Å². The van der Waals surface area contributed by atoms with Gasteiger partial charge in [-0.3, -0.25) is 4.79 Å². The summed E-state index contributed by atoms with van der Waals surface area (Å²) in [7, 11) is 0. The van der Waals surface area contributed by atoms with Crippen molar-refractivity contribution in [2.75, 3.05) is 23.7 Å². The van der Waals surface area contributed by atoms with Crippen LogP contribution in [0.3, 0.4) is 0 Å². The van der Waals surface area contributed by atoms with Crippen LogP contribution in [-0.2, 0) is 10.2 Å². The standard InChI is InChI=1S/C25H30BrN5O2/c1-5-15-30(24(33)27-20-14-10-9-13-19(20)26)17-23(32)28-22-16-21(25(2,3)4)29-31(22)18-11-7-6-8-12-18/h6-14,16H,5,15,17H2,1-4H3,(H,27,33)(H,28,32). The number of hydrogen-bond donors (Lipinski definition) is 2. The van der Waals surface area contributed by atoms with Gasteiger partial charge in [-0.1, -0.05) is 58.0 Å². The van der Waals surface area contributed by atoms with E-state index in [1.54, 1.807) is 10.7 Å². The first-order chi connectivity index (χ1) is 15.7. The SMILES string of the molecule is CCCN(CC(=O)Nc1cc(C(C)(C)C)nn1-c1ccccc1)C(=O)Nc1ccccc1Br. The fraction of sp³-hybridized carbons (Fsp3) is 0.320. The molecule has 2 N–H and O–H groups in total. The normalized spacial score (nSPS) is 11.2. The minimum atomic E-state index is -0.328. The summed E-state index contributed by atoms with van der Waals surface area (Å²) in [6.45, 7) is 8.57. The Bertz CT molecular complexity index is 1110. The van der Waals surface area contributed by atoms with Crippen molar-refractivity contribution in [2.24, 2.45) is 0 Å². The van der Waals surface area contributed by atoms with Gasteiger partial charge in [-0.2, -0.15) is 5.10 Å². The third-order valence-corrected chi connectivity index (χ3v) is 5.67. The first kappa shape index (κ1) is 24.5. The molecule has 0 unspecified atom stereocenters. The second kappa shape index (κ2) is 10.7. The minimum absolute atomic E-state index is 0.0745. The molecular weight excluding hydrogens is 482 g/mol. The molecule has 0 atom stereocenters. The highest BCUT2D eigenvalue weighted by atomic mass is 79.9. The molecule has 0 fully saturated rings. The van der Waals surface area contributed by atoms with Crippen molar-refractivity contribution in [3.8, 4) is 5.69 Å². The summed E-state index contributed by atoms with van der Waals surface area (Å²) in [5.41, 5.74) is 2.18. The summed E-state index contributed by atoms with van der Waals surface area (Å²) in [5.74, 6) is 0.280. The molecule has 3 aromatic rings. The molecular formula is C25H30BrN5O2. The van der Waals surface area contributed by atoms with E-state index in [2.05, 4.69) is 47.3 Å². The molecule has 33 heavy (non-hydrogen) atoms. The number of aromatic nitrogens is 2. The predicted octanol–water partition coefficient (Wildman–Crippen LogP) is 5.81. The van der Waals surface area contributed by atoms with Crippen LogP contribution in [0.5, 0.6) is 0 Å². The Kier molecular flexibility index (Phi) is 7.92. The van der Waals surface area contributed by atoms with Gasteiger partial charge in [-0.05, 0) is 46.6 Å². The van der Waals surface area contributed by atoms with Crippen LogP contribution in [0.25, 0.3) is 5.69 Å². The number of urea groups is 1. The van der Waals surface area contributed by atoms with Gasteiger partial charge in [0.05, 0.1) is 17.1 Å². The van der Waals surface area contributed by atoms with Gasteiger partial charge in [0.1, 0.15) is 12.4 Å². The van der Waals surface area contributed by atoms with Crippen LogP contribution in [0, 0.1) is 0 Å². The van der Waals surface area contributed by atoms with Crippen molar-refractivity contribution < 1.29 is 9.59 Å². The molecule has 7 nitrogen and oxygen atoms in total. The van der Waals surface area contributed by atoms with Crippen LogP contribution in [-0.4, -0.2) is 39.7 Å². The van der Waals surface area contributed by atoms with Gasteiger partial charge in [0.2, 0.25) is 5.91 Å². The molecule has 1 aromatic heterocycles. The molecule has 1 heterocycles.